The number of rotatable bonds is 3. The van der Waals surface area contributed by atoms with Crippen molar-refractivity contribution in [3.8, 4) is 16.8 Å². The molecule has 160 valence electrons. The van der Waals surface area contributed by atoms with Crippen molar-refractivity contribution < 1.29 is 9.53 Å². The van der Waals surface area contributed by atoms with E-state index in [2.05, 4.69) is 9.97 Å². The van der Waals surface area contributed by atoms with Crippen molar-refractivity contribution in [1.82, 2.24) is 19.4 Å². The summed E-state index contributed by atoms with van der Waals surface area (Å²) in [6.07, 6.45) is 3.24. The van der Waals surface area contributed by atoms with Crippen LogP contribution in [0.15, 0.2) is 71.8 Å². The van der Waals surface area contributed by atoms with Gasteiger partial charge in [0.2, 0.25) is 5.95 Å². The molecule has 2 aromatic heterocycles. The Morgan fingerprint density at radius 2 is 1.75 bits per heavy atom. The lowest BCUT2D eigenvalue weighted by molar-refractivity contribution is 0.0302. The number of hydrogen-bond donors (Lipinski definition) is 1. The smallest absolute Gasteiger partial charge is 0.267 e. The SMILES string of the molecule is Nc1nc2ccc(-c3cncc(C(=O)N4CCOCC4)c3)cc2c(=O)n1-c1ccccc1. The van der Waals surface area contributed by atoms with Crippen LogP contribution in [0.4, 0.5) is 5.95 Å². The minimum atomic E-state index is -0.256. The molecule has 1 saturated heterocycles. The number of amides is 1. The number of morpholine rings is 1. The van der Waals surface area contributed by atoms with Crippen LogP contribution in [0, 0.1) is 0 Å². The zero-order chi connectivity index (χ0) is 22.1. The van der Waals surface area contributed by atoms with Crippen LogP contribution < -0.4 is 11.3 Å². The number of benzene rings is 2. The number of hydrogen-bond acceptors (Lipinski definition) is 6. The van der Waals surface area contributed by atoms with Gasteiger partial charge in [0.1, 0.15) is 0 Å². The van der Waals surface area contributed by atoms with Gasteiger partial charge in [0, 0.05) is 31.0 Å². The second-order valence-corrected chi connectivity index (χ2v) is 7.54. The van der Waals surface area contributed by atoms with Gasteiger partial charge in [-0.25, -0.2) is 9.55 Å². The Kier molecular flexibility index (Phi) is 5.12. The number of carbonyl (C=O) groups excluding carboxylic acids is 1. The zero-order valence-electron chi connectivity index (χ0n) is 17.3. The average molecular weight is 427 g/mol. The lowest BCUT2D eigenvalue weighted by atomic mass is 10.0. The Labute approximate surface area is 183 Å². The molecule has 0 radical (unpaired) electrons. The molecule has 32 heavy (non-hydrogen) atoms. The number of carbonyl (C=O) groups is 1. The van der Waals surface area contributed by atoms with Gasteiger partial charge >= 0.3 is 0 Å². The molecule has 0 bridgehead atoms. The van der Waals surface area contributed by atoms with Crippen LogP contribution in [-0.4, -0.2) is 51.6 Å². The highest BCUT2D eigenvalue weighted by Crippen LogP contribution is 2.24. The Balaban J connectivity index is 1.57. The fourth-order valence-corrected chi connectivity index (χ4v) is 3.87. The van der Waals surface area contributed by atoms with Crippen LogP contribution in [0.2, 0.25) is 0 Å². The number of nitrogen functional groups attached to an aromatic ring is 1. The molecule has 0 atom stereocenters. The molecule has 5 rings (SSSR count). The molecule has 8 heteroatoms. The van der Waals surface area contributed by atoms with Gasteiger partial charge in [0.25, 0.3) is 11.5 Å². The largest absolute Gasteiger partial charge is 0.378 e. The van der Waals surface area contributed by atoms with Crippen molar-refractivity contribution in [3.05, 3.63) is 82.9 Å². The Bertz CT molecular complexity index is 1360. The van der Waals surface area contributed by atoms with Crippen molar-refractivity contribution >= 4 is 22.8 Å². The van der Waals surface area contributed by atoms with Crippen molar-refractivity contribution in [3.63, 3.8) is 0 Å². The molecule has 0 spiro atoms. The lowest BCUT2D eigenvalue weighted by Crippen LogP contribution is -2.40. The van der Waals surface area contributed by atoms with Crippen LogP contribution in [0.5, 0.6) is 0 Å². The fourth-order valence-electron chi connectivity index (χ4n) is 3.87. The van der Waals surface area contributed by atoms with Crippen molar-refractivity contribution in [2.45, 2.75) is 0 Å². The molecule has 1 aliphatic heterocycles. The summed E-state index contributed by atoms with van der Waals surface area (Å²) in [5, 5.41) is 0.436. The number of nitrogens with zero attached hydrogens (tertiary/aromatic N) is 4. The van der Waals surface area contributed by atoms with Gasteiger partial charge in [0.05, 0.1) is 35.4 Å². The third-order valence-corrected chi connectivity index (χ3v) is 5.53. The third-order valence-electron chi connectivity index (χ3n) is 5.53. The van der Waals surface area contributed by atoms with E-state index >= 15 is 0 Å². The molecule has 0 unspecified atom stereocenters. The van der Waals surface area contributed by atoms with Gasteiger partial charge in [-0.05, 0) is 35.9 Å². The summed E-state index contributed by atoms with van der Waals surface area (Å²) in [5.41, 5.74) is 9.00. The first-order chi connectivity index (χ1) is 15.6. The van der Waals surface area contributed by atoms with E-state index in [9.17, 15) is 9.59 Å². The lowest BCUT2D eigenvalue weighted by Gasteiger charge is -2.26. The van der Waals surface area contributed by atoms with Gasteiger partial charge in [-0.3, -0.25) is 14.6 Å². The van der Waals surface area contributed by atoms with E-state index in [-0.39, 0.29) is 17.4 Å². The molecule has 8 nitrogen and oxygen atoms in total. The van der Waals surface area contributed by atoms with Crippen LogP contribution in [0.1, 0.15) is 10.4 Å². The maximum Gasteiger partial charge on any atom is 0.267 e. The topological polar surface area (TPSA) is 103 Å². The summed E-state index contributed by atoms with van der Waals surface area (Å²) in [5.74, 6) is 0.0468. The number of aromatic nitrogens is 3. The summed E-state index contributed by atoms with van der Waals surface area (Å²) in [6.45, 7) is 2.19. The normalized spacial score (nSPS) is 13.9. The van der Waals surface area contributed by atoms with E-state index in [1.54, 1.807) is 47.6 Å². The highest BCUT2D eigenvalue weighted by atomic mass is 16.5. The molecule has 1 aliphatic rings. The first-order valence-electron chi connectivity index (χ1n) is 10.3. The van der Waals surface area contributed by atoms with Crippen molar-refractivity contribution in [2.24, 2.45) is 0 Å². The predicted octanol–water partition coefficient (Wildman–Crippen LogP) is 2.50. The number of ether oxygens (including phenoxy) is 1. The van der Waals surface area contributed by atoms with E-state index in [1.165, 1.54) is 4.57 Å². The van der Waals surface area contributed by atoms with Crippen molar-refractivity contribution in [1.29, 1.82) is 0 Å². The van der Waals surface area contributed by atoms with Gasteiger partial charge in [-0.15, -0.1) is 0 Å². The minimum absolute atomic E-state index is 0.0793. The number of pyridine rings is 1. The molecule has 0 saturated carbocycles. The summed E-state index contributed by atoms with van der Waals surface area (Å²) in [7, 11) is 0. The van der Waals surface area contributed by atoms with E-state index in [0.29, 0.717) is 48.5 Å². The fraction of sp³-hybridized carbons (Fsp3) is 0.167. The number of anilines is 1. The third kappa shape index (κ3) is 3.61. The molecule has 1 amide bonds. The second kappa shape index (κ2) is 8.24. The summed E-state index contributed by atoms with van der Waals surface area (Å²) >= 11 is 0. The number of nitrogens with two attached hydrogens (primary N) is 1. The molecule has 4 aromatic rings. The summed E-state index contributed by atoms with van der Waals surface area (Å²) in [4.78, 5) is 36.5. The van der Waals surface area contributed by atoms with Crippen LogP contribution in [0.25, 0.3) is 27.7 Å². The maximum absolute atomic E-state index is 13.3. The number of para-hydroxylation sites is 1. The summed E-state index contributed by atoms with van der Waals surface area (Å²) in [6, 6.07) is 16.3. The van der Waals surface area contributed by atoms with Crippen LogP contribution in [-0.2, 0) is 4.74 Å². The van der Waals surface area contributed by atoms with Gasteiger partial charge < -0.3 is 15.4 Å². The van der Waals surface area contributed by atoms with E-state index in [1.807, 2.05) is 24.3 Å². The average Bonchev–Trinajstić information content (AvgIpc) is 2.85. The standard InChI is InChI=1S/C24H21N5O3/c25-24-27-21-7-6-16(13-20(21)23(31)29(24)19-4-2-1-3-5-19)17-12-18(15-26-14-17)22(30)28-8-10-32-11-9-28/h1-7,12-15H,8-11H2,(H2,25,27). The molecular formula is C24H21N5O3. The quantitative estimate of drug-likeness (QED) is 0.539. The Hall–Kier alpha value is -4.04. The predicted molar refractivity (Wildman–Crippen MR) is 122 cm³/mol. The summed E-state index contributed by atoms with van der Waals surface area (Å²) < 4.78 is 6.72. The Morgan fingerprint density at radius 3 is 2.53 bits per heavy atom. The highest BCUT2D eigenvalue weighted by Gasteiger charge is 2.19. The van der Waals surface area contributed by atoms with Gasteiger partial charge in [0.15, 0.2) is 0 Å². The van der Waals surface area contributed by atoms with Crippen molar-refractivity contribution in [2.75, 3.05) is 32.0 Å². The van der Waals surface area contributed by atoms with Crippen LogP contribution in [0.3, 0.4) is 0 Å². The second-order valence-electron chi connectivity index (χ2n) is 7.54. The number of fused-ring (bicyclic) bond motifs is 1. The highest BCUT2D eigenvalue weighted by molar-refractivity contribution is 5.95. The minimum Gasteiger partial charge on any atom is -0.378 e. The zero-order valence-corrected chi connectivity index (χ0v) is 17.3. The van der Waals surface area contributed by atoms with E-state index in [0.717, 1.165) is 11.1 Å². The van der Waals surface area contributed by atoms with Crippen LogP contribution >= 0.6 is 0 Å². The molecule has 1 fully saturated rings. The van der Waals surface area contributed by atoms with E-state index < -0.39 is 0 Å². The first kappa shape index (κ1) is 19.9. The molecule has 0 aliphatic carbocycles. The first-order valence-corrected chi connectivity index (χ1v) is 10.3. The maximum atomic E-state index is 13.3. The van der Waals surface area contributed by atoms with Gasteiger partial charge in [-0.2, -0.15) is 0 Å². The Morgan fingerprint density at radius 1 is 0.969 bits per heavy atom. The molecular weight excluding hydrogens is 406 g/mol. The van der Waals surface area contributed by atoms with Gasteiger partial charge in [-0.1, -0.05) is 24.3 Å². The molecule has 2 aromatic carbocycles. The van der Waals surface area contributed by atoms with E-state index in [4.69, 9.17) is 10.5 Å². The molecule has 3 heterocycles. The monoisotopic (exact) mass is 427 g/mol. The molecule has 2 N–H and O–H groups in total.